The molecule has 1 aliphatic rings. The summed E-state index contributed by atoms with van der Waals surface area (Å²) in [5.41, 5.74) is 0.830. The van der Waals surface area contributed by atoms with Gasteiger partial charge in [0.05, 0.1) is 13.0 Å². The lowest BCUT2D eigenvalue weighted by Crippen LogP contribution is -2.40. The Hall–Kier alpha value is -1.95. The highest BCUT2D eigenvalue weighted by Crippen LogP contribution is 2.21. The van der Waals surface area contributed by atoms with Crippen LogP contribution in [0.2, 0.25) is 0 Å². The van der Waals surface area contributed by atoms with E-state index in [0.29, 0.717) is 17.4 Å². The first kappa shape index (κ1) is 14.5. The second kappa shape index (κ2) is 6.47. The van der Waals surface area contributed by atoms with Gasteiger partial charge in [0.15, 0.2) is 0 Å². The zero-order chi connectivity index (χ0) is 14.5. The van der Waals surface area contributed by atoms with Crippen molar-refractivity contribution in [3.05, 3.63) is 35.9 Å². The summed E-state index contributed by atoms with van der Waals surface area (Å²) in [6, 6.07) is 6.56. The van der Waals surface area contributed by atoms with Gasteiger partial charge in [-0.05, 0) is 23.8 Å². The number of methoxy groups -OCH3 is 1. The van der Waals surface area contributed by atoms with E-state index in [4.69, 9.17) is 9.84 Å². The maximum absolute atomic E-state index is 12.0. The molecule has 1 heterocycles. The maximum atomic E-state index is 12.0. The number of hydrogen-bond donors (Lipinski definition) is 1. The molecule has 0 bridgehead atoms. The fourth-order valence-corrected chi connectivity index (χ4v) is 3.03. The molecule has 1 aliphatic heterocycles. The number of carboxylic acid groups (broad SMARTS) is 1. The van der Waals surface area contributed by atoms with E-state index in [1.54, 1.807) is 19.3 Å². The third-order valence-corrected chi connectivity index (χ3v) is 3.97. The van der Waals surface area contributed by atoms with Crippen LogP contribution < -0.4 is 4.74 Å². The summed E-state index contributed by atoms with van der Waals surface area (Å²) < 4.78 is 5.10. The van der Waals surface area contributed by atoms with Crippen molar-refractivity contribution in [2.45, 2.75) is 6.04 Å². The fraction of sp³-hybridized carbons (Fsp3) is 0.286. The van der Waals surface area contributed by atoms with E-state index >= 15 is 0 Å². The van der Waals surface area contributed by atoms with Gasteiger partial charge in [0.1, 0.15) is 11.8 Å². The molecule has 0 spiro atoms. The molecule has 1 aromatic rings. The highest BCUT2D eigenvalue weighted by molar-refractivity contribution is 7.99. The Balaban J connectivity index is 2.06. The van der Waals surface area contributed by atoms with Crippen LogP contribution in [-0.4, -0.2) is 46.7 Å². The molecule has 1 aromatic carbocycles. The first-order chi connectivity index (χ1) is 9.61. The highest BCUT2D eigenvalue weighted by Gasteiger charge is 2.33. The normalized spacial score (nSPS) is 18.4. The van der Waals surface area contributed by atoms with E-state index in [1.807, 2.05) is 18.2 Å². The molecule has 6 heteroatoms. The molecule has 2 rings (SSSR count). The van der Waals surface area contributed by atoms with Gasteiger partial charge in [0.2, 0.25) is 5.91 Å². The van der Waals surface area contributed by atoms with Crippen LogP contribution in [0.5, 0.6) is 5.75 Å². The molecule has 0 unspecified atom stereocenters. The molecule has 20 heavy (non-hydrogen) atoms. The van der Waals surface area contributed by atoms with Gasteiger partial charge in [-0.15, -0.1) is 11.8 Å². The summed E-state index contributed by atoms with van der Waals surface area (Å²) in [4.78, 5) is 24.4. The number of thioether (sulfide) groups is 1. The lowest BCUT2D eigenvalue weighted by molar-refractivity contribution is -0.146. The van der Waals surface area contributed by atoms with Crippen molar-refractivity contribution in [3.63, 3.8) is 0 Å². The molecule has 1 saturated heterocycles. The first-order valence-corrected chi connectivity index (χ1v) is 7.20. The number of carbonyl (C=O) groups is 2. The largest absolute Gasteiger partial charge is 0.497 e. The predicted octanol–water partition coefficient (Wildman–Crippen LogP) is 1.69. The fourth-order valence-electron chi connectivity index (χ4n) is 1.87. The number of carbonyl (C=O) groups excluding carboxylic acids is 1. The van der Waals surface area contributed by atoms with Crippen molar-refractivity contribution in [2.24, 2.45) is 0 Å². The highest BCUT2D eigenvalue weighted by atomic mass is 32.2. The summed E-state index contributed by atoms with van der Waals surface area (Å²) in [5.74, 6) is 0.315. The maximum Gasteiger partial charge on any atom is 0.327 e. The molecule has 0 aliphatic carbocycles. The van der Waals surface area contributed by atoms with E-state index in [-0.39, 0.29) is 5.91 Å². The third kappa shape index (κ3) is 3.33. The van der Waals surface area contributed by atoms with Crippen LogP contribution in [0.25, 0.3) is 6.08 Å². The molecule has 0 saturated carbocycles. The standard InChI is InChI=1S/C14H15NO4S/c1-19-11-4-2-3-10(7-11)5-6-13(16)15-9-20-8-12(15)14(17)18/h2-7,12H,8-9H2,1H3,(H,17,18)/b6-5+/t12-/m0/s1. The van der Waals surface area contributed by atoms with Crippen molar-refractivity contribution in [1.82, 2.24) is 4.90 Å². The topological polar surface area (TPSA) is 66.8 Å². The summed E-state index contributed by atoms with van der Waals surface area (Å²) in [5, 5.41) is 9.04. The van der Waals surface area contributed by atoms with E-state index in [1.165, 1.54) is 22.7 Å². The van der Waals surface area contributed by atoms with Gasteiger partial charge in [0, 0.05) is 11.8 Å². The minimum absolute atomic E-state index is 0.287. The van der Waals surface area contributed by atoms with Gasteiger partial charge >= 0.3 is 5.97 Å². The number of hydrogen-bond acceptors (Lipinski definition) is 4. The SMILES string of the molecule is COc1cccc(/C=C/C(=O)N2CSC[C@H]2C(=O)O)c1. The van der Waals surface area contributed by atoms with Crippen LogP contribution in [0.15, 0.2) is 30.3 Å². The van der Waals surface area contributed by atoms with E-state index in [9.17, 15) is 9.59 Å². The van der Waals surface area contributed by atoms with Gasteiger partial charge in [0.25, 0.3) is 0 Å². The van der Waals surface area contributed by atoms with Gasteiger partial charge < -0.3 is 14.7 Å². The van der Waals surface area contributed by atoms with Gasteiger partial charge in [-0.1, -0.05) is 12.1 Å². The molecule has 1 atom stereocenters. The van der Waals surface area contributed by atoms with Crippen molar-refractivity contribution in [1.29, 1.82) is 0 Å². The van der Waals surface area contributed by atoms with E-state index in [0.717, 1.165) is 5.56 Å². The van der Waals surface area contributed by atoms with E-state index < -0.39 is 12.0 Å². The van der Waals surface area contributed by atoms with Crippen LogP contribution >= 0.6 is 11.8 Å². The monoisotopic (exact) mass is 293 g/mol. The molecular formula is C14H15NO4S. The Bertz CT molecular complexity index is 544. The van der Waals surface area contributed by atoms with Crippen molar-refractivity contribution < 1.29 is 19.4 Å². The Kier molecular flexibility index (Phi) is 4.68. The molecule has 1 amide bonds. The molecule has 0 aromatic heterocycles. The summed E-state index contributed by atoms with van der Waals surface area (Å²) in [6.45, 7) is 0. The molecule has 1 fully saturated rings. The van der Waals surface area contributed by atoms with Crippen molar-refractivity contribution >= 4 is 29.7 Å². The molecule has 1 N–H and O–H groups in total. The Morgan fingerprint density at radius 1 is 1.50 bits per heavy atom. The molecule has 0 radical (unpaired) electrons. The van der Waals surface area contributed by atoms with Crippen molar-refractivity contribution in [3.8, 4) is 5.75 Å². The smallest absolute Gasteiger partial charge is 0.327 e. The second-order valence-corrected chi connectivity index (χ2v) is 5.27. The number of nitrogens with zero attached hydrogens (tertiary/aromatic N) is 1. The Morgan fingerprint density at radius 3 is 3.00 bits per heavy atom. The van der Waals surface area contributed by atoms with Crippen LogP contribution in [0, 0.1) is 0 Å². The lowest BCUT2D eigenvalue weighted by Gasteiger charge is -2.18. The number of amides is 1. The molecular weight excluding hydrogens is 278 g/mol. The average molecular weight is 293 g/mol. The van der Waals surface area contributed by atoms with Crippen LogP contribution in [0.4, 0.5) is 0 Å². The predicted molar refractivity (Wildman–Crippen MR) is 77.6 cm³/mol. The van der Waals surface area contributed by atoms with E-state index in [2.05, 4.69) is 0 Å². The average Bonchev–Trinajstić information content (AvgIpc) is 2.94. The summed E-state index contributed by atoms with van der Waals surface area (Å²) in [6.07, 6.45) is 3.06. The first-order valence-electron chi connectivity index (χ1n) is 6.05. The third-order valence-electron chi connectivity index (χ3n) is 2.96. The minimum Gasteiger partial charge on any atom is -0.497 e. The molecule has 106 valence electrons. The number of aliphatic carboxylic acids is 1. The zero-order valence-electron chi connectivity index (χ0n) is 11.0. The quantitative estimate of drug-likeness (QED) is 0.856. The number of ether oxygens (including phenoxy) is 1. The molecule has 5 nitrogen and oxygen atoms in total. The van der Waals surface area contributed by atoms with Crippen LogP contribution in [-0.2, 0) is 9.59 Å². The number of carboxylic acids is 1. The van der Waals surface area contributed by atoms with Gasteiger partial charge in [-0.2, -0.15) is 0 Å². The Labute approximate surface area is 121 Å². The summed E-state index contributed by atoms with van der Waals surface area (Å²) >= 11 is 1.45. The zero-order valence-corrected chi connectivity index (χ0v) is 11.8. The van der Waals surface area contributed by atoms with Gasteiger partial charge in [-0.25, -0.2) is 4.79 Å². The van der Waals surface area contributed by atoms with Crippen LogP contribution in [0.1, 0.15) is 5.56 Å². The van der Waals surface area contributed by atoms with Gasteiger partial charge in [-0.3, -0.25) is 4.79 Å². The summed E-state index contributed by atoms with van der Waals surface area (Å²) in [7, 11) is 1.58. The number of benzene rings is 1. The second-order valence-electron chi connectivity index (χ2n) is 4.27. The lowest BCUT2D eigenvalue weighted by atomic mass is 10.2. The van der Waals surface area contributed by atoms with Crippen LogP contribution in [0.3, 0.4) is 0 Å². The Morgan fingerprint density at radius 2 is 2.30 bits per heavy atom. The minimum atomic E-state index is -0.960. The number of rotatable bonds is 4. The van der Waals surface area contributed by atoms with Crippen molar-refractivity contribution in [2.75, 3.05) is 18.7 Å².